The molecule has 6 heteroatoms. The van der Waals surface area contributed by atoms with Crippen LogP contribution in [-0.4, -0.2) is 10.1 Å². The molecule has 0 fully saturated rings. The quantitative estimate of drug-likeness (QED) is 0.529. The molecule has 3 rings (SSSR count). The first-order valence-corrected chi connectivity index (χ1v) is 7.40. The summed E-state index contributed by atoms with van der Waals surface area (Å²) >= 11 is 6.82. The standard InChI is InChI=1S/C14H9Br2N3O/c15-8-5-6-11-9(7-8)13(14(20)17-11)19-18-12-4-2-1-3-10(12)16/h1-7,17,20H. The van der Waals surface area contributed by atoms with Crippen LogP contribution in [0.3, 0.4) is 0 Å². The van der Waals surface area contributed by atoms with E-state index in [0.29, 0.717) is 11.4 Å². The first-order valence-electron chi connectivity index (χ1n) is 5.81. The van der Waals surface area contributed by atoms with Crippen LogP contribution in [0.1, 0.15) is 0 Å². The first-order chi connectivity index (χ1) is 9.65. The lowest BCUT2D eigenvalue weighted by atomic mass is 10.2. The van der Waals surface area contributed by atoms with E-state index in [9.17, 15) is 5.11 Å². The molecule has 0 bridgehead atoms. The average molecular weight is 395 g/mol. The van der Waals surface area contributed by atoms with Crippen LogP contribution < -0.4 is 0 Å². The van der Waals surface area contributed by atoms with Gasteiger partial charge in [-0.2, -0.15) is 0 Å². The summed E-state index contributed by atoms with van der Waals surface area (Å²) in [6.45, 7) is 0. The molecule has 2 aromatic carbocycles. The van der Waals surface area contributed by atoms with Crippen LogP contribution in [0.2, 0.25) is 0 Å². The lowest BCUT2D eigenvalue weighted by Crippen LogP contribution is -1.68. The van der Waals surface area contributed by atoms with Crippen LogP contribution >= 0.6 is 31.9 Å². The second-order valence-corrected chi connectivity index (χ2v) is 5.93. The molecule has 0 atom stereocenters. The van der Waals surface area contributed by atoms with E-state index in [4.69, 9.17) is 0 Å². The molecule has 0 aliphatic rings. The number of halogens is 2. The number of nitrogens with one attached hydrogen (secondary N) is 1. The molecule has 0 saturated carbocycles. The van der Waals surface area contributed by atoms with Gasteiger partial charge in [-0.15, -0.1) is 10.2 Å². The van der Waals surface area contributed by atoms with Crippen LogP contribution in [0.15, 0.2) is 61.6 Å². The number of H-pyrrole nitrogens is 1. The van der Waals surface area contributed by atoms with E-state index in [2.05, 4.69) is 47.1 Å². The third kappa shape index (κ3) is 2.48. The SMILES string of the molecule is Oc1[nH]c2ccc(Br)cc2c1N=Nc1ccccc1Br. The normalized spacial score (nSPS) is 11.5. The zero-order chi connectivity index (χ0) is 14.1. The van der Waals surface area contributed by atoms with Gasteiger partial charge >= 0.3 is 0 Å². The van der Waals surface area contributed by atoms with E-state index < -0.39 is 0 Å². The second-order valence-electron chi connectivity index (χ2n) is 4.16. The lowest BCUT2D eigenvalue weighted by molar-refractivity contribution is 0.459. The van der Waals surface area contributed by atoms with Gasteiger partial charge < -0.3 is 10.1 Å². The van der Waals surface area contributed by atoms with E-state index >= 15 is 0 Å². The summed E-state index contributed by atoms with van der Waals surface area (Å²) in [5.41, 5.74) is 1.94. The highest BCUT2D eigenvalue weighted by atomic mass is 79.9. The number of rotatable bonds is 2. The summed E-state index contributed by atoms with van der Waals surface area (Å²) in [7, 11) is 0. The average Bonchev–Trinajstić information content (AvgIpc) is 2.73. The van der Waals surface area contributed by atoms with Crippen molar-refractivity contribution in [3.63, 3.8) is 0 Å². The van der Waals surface area contributed by atoms with Gasteiger partial charge in [0, 0.05) is 14.3 Å². The van der Waals surface area contributed by atoms with E-state index in [0.717, 1.165) is 19.8 Å². The Labute approximate surface area is 131 Å². The molecule has 0 aliphatic carbocycles. The van der Waals surface area contributed by atoms with Crippen LogP contribution in [0.25, 0.3) is 10.9 Å². The topological polar surface area (TPSA) is 60.7 Å². The number of nitrogens with zero attached hydrogens (tertiary/aromatic N) is 2. The van der Waals surface area contributed by atoms with Gasteiger partial charge in [0.1, 0.15) is 0 Å². The van der Waals surface area contributed by atoms with E-state index in [-0.39, 0.29) is 5.88 Å². The van der Waals surface area contributed by atoms with Crippen molar-refractivity contribution in [3.8, 4) is 5.88 Å². The van der Waals surface area contributed by atoms with Crippen LogP contribution in [-0.2, 0) is 0 Å². The Morgan fingerprint density at radius 3 is 2.60 bits per heavy atom. The Hall–Kier alpha value is -1.66. The molecule has 0 aliphatic heterocycles. The van der Waals surface area contributed by atoms with Crippen molar-refractivity contribution in [1.29, 1.82) is 0 Å². The fraction of sp³-hybridized carbons (Fsp3) is 0. The zero-order valence-electron chi connectivity index (χ0n) is 10.1. The van der Waals surface area contributed by atoms with Crippen LogP contribution in [0, 0.1) is 0 Å². The fourth-order valence-electron chi connectivity index (χ4n) is 1.87. The van der Waals surface area contributed by atoms with Gasteiger partial charge in [-0.3, -0.25) is 0 Å². The summed E-state index contributed by atoms with van der Waals surface area (Å²) in [5.74, 6) is 0.00824. The van der Waals surface area contributed by atoms with Gasteiger partial charge in [-0.05, 0) is 46.3 Å². The van der Waals surface area contributed by atoms with Crippen LogP contribution in [0.4, 0.5) is 11.4 Å². The van der Waals surface area contributed by atoms with Crippen molar-refractivity contribution >= 4 is 54.1 Å². The third-order valence-corrected chi connectivity index (χ3v) is 3.99. The summed E-state index contributed by atoms with van der Waals surface area (Å²) in [6, 6.07) is 13.2. The Morgan fingerprint density at radius 1 is 1.00 bits per heavy atom. The number of hydrogen-bond acceptors (Lipinski definition) is 3. The van der Waals surface area contributed by atoms with Crippen molar-refractivity contribution < 1.29 is 5.11 Å². The number of benzene rings is 2. The molecule has 0 radical (unpaired) electrons. The molecule has 3 aromatic rings. The third-order valence-electron chi connectivity index (χ3n) is 2.82. The fourth-order valence-corrected chi connectivity index (χ4v) is 2.60. The van der Waals surface area contributed by atoms with E-state index in [1.807, 2.05) is 42.5 Å². The van der Waals surface area contributed by atoms with Gasteiger partial charge in [0.15, 0.2) is 5.69 Å². The molecule has 0 unspecified atom stereocenters. The highest BCUT2D eigenvalue weighted by Crippen LogP contribution is 2.38. The number of azo groups is 1. The Kier molecular flexibility index (Phi) is 3.58. The number of fused-ring (bicyclic) bond motifs is 1. The minimum atomic E-state index is 0.00824. The van der Waals surface area contributed by atoms with Gasteiger partial charge in [0.2, 0.25) is 5.88 Å². The maximum atomic E-state index is 9.94. The zero-order valence-corrected chi connectivity index (χ0v) is 13.3. The first kappa shape index (κ1) is 13.3. The lowest BCUT2D eigenvalue weighted by Gasteiger charge is -1.96. The maximum absolute atomic E-state index is 9.94. The predicted molar refractivity (Wildman–Crippen MR) is 86.0 cm³/mol. The summed E-state index contributed by atoms with van der Waals surface area (Å²) in [5, 5.41) is 19.1. The molecule has 1 aromatic heterocycles. The molecule has 1 heterocycles. The largest absolute Gasteiger partial charge is 0.493 e. The van der Waals surface area contributed by atoms with Gasteiger partial charge in [0.25, 0.3) is 0 Å². The summed E-state index contributed by atoms with van der Waals surface area (Å²) in [6.07, 6.45) is 0. The molecule has 4 nitrogen and oxygen atoms in total. The number of hydrogen-bond donors (Lipinski definition) is 2. The van der Waals surface area contributed by atoms with E-state index in [1.165, 1.54) is 0 Å². The minimum absolute atomic E-state index is 0.00824. The highest BCUT2D eigenvalue weighted by molar-refractivity contribution is 9.10. The monoisotopic (exact) mass is 393 g/mol. The maximum Gasteiger partial charge on any atom is 0.218 e. The van der Waals surface area contributed by atoms with E-state index in [1.54, 1.807) is 0 Å². The molecule has 100 valence electrons. The van der Waals surface area contributed by atoms with Gasteiger partial charge in [-0.25, -0.2) is 0 Å². The Balaban J connectivity index is 2.09. The summed E-state index contributed by atoms with van der Waals surface area (Å²) < 4.78 is 1.77. The van der Waals surface area contributed by atoms with Crippen molar-refractivity contribution in [2.45, 2.75) is 0 Å². The predicted octanol–water partition coefficient (Wildman–Crippen LogP) is 5.81. The Bertz CT molecular complexity index is 811. The number of aromatic nitrogens is 1. The van der Waals surface area contributed by atoms with Crippen LogP contribution in [0.5, 0.6) is 5.88 Å². The number of aromatic hydroxyl groups is 1. The molecule has 2 N–H and O–H groups in total. The molecule has 0 spiro atoms. The second kappa shape index (κ2) is 5.38. The van der Waals surface area contributed by atoms with Crippen molar-refractivity contribution in [3.05, 3.63) is 51.4 Å². The number of aromatic amines is 1. The Morgan fingerprint density at radius 2 is 1.80 bits per heavy atom. The molecule has 0 saturated heterocycles. The van der Waals surface area contributed by atoms with Crippen molar-refractivity contribution in [1.82, 2.24) is 4.98 Å². The molecule has 0 amide bonds. The minimum Gasteiger partial charge on any atom is -0.493 e. The molecule has 20 heavy (non-hydrogen) atoms. The van der Waals surface area contributed by atoms with Gasteiger partial charge in [-0.1, -0.05) is 28.1 Å². The van der Waals surface area contributed by atoms with Gasteiger partial charge in [0.05, 0.1) is 11.2 Å². The highest BCUT2D eigenvalue weighted by Gasteiger charge is 2.10. The summed E-state index contributed by atoms with van der Waals surface area (Å²) in [4.78, 5) is 2.87. The molecular formula is C14H9Br2N3O. The smallest absolute Gasteiger partial charge is 0.218 e. The van der Waals surface area contributed by atoms with Crippen molar-refractivity contribution in [2.75, 3.05) is 0 Å². The molecular weight excluding hydrogens is 386 g/mol. The van der Waals surface area contributed by atoms with Crippen molar-refractivity contribution in [2.24, 2.45) is 10.2 Å².